The van der Waals surface area contributed by atoms with E-state index in [1.807, 2.05) is 29.2 Å². The van der Waals surface area contributed by atoms with Crippen molar-refractivity contribution in [2.24, 2.45) is 5.73 Å². The summed E-state index contributed by atoms with van der Waals surface area (Å²) in [6, 6.07) is 7.75. The van der Waals surface area contributed by atoms with E-state index in [1.165, 1.54) is 6.42 Å². The van der Waals surface area contributed by atoms with E-state index < -0.39 is 0 Å². The molecule has 2 rings (SSSR count). The molecule has 1 saturated heterocycles. The zero-order chi connectivity index (χ0) is 15.6. The van der Waals surface area contributed by atoms with Gasteiger partial charge < -0.3 is 20.7 Å². The fraction of sp³-hybridized carbons (Fsp3) is 0.588. The fourth-order valence-electron chi connectivity index (χ4n) is 2.55. The predicted octanol–water partition coefficient (Wildman–Crippen LogP) is 2.23. The summed E-state index contributed by atoms with van der Waals surface area (Å²) in [4.78, 5) is 13.9. The van der Waals surface area contributed by atoms with Crippen molar-refractivity contribution >= 4 is 11.6 Å². The van der Waals surface area contributed by atoms with Crippen LogP contribution in [-0.2, 0) is 4.79 Å². The summed E-state index contributed by atoms with van der Waals surface area (Å²) in [7, 11) is 0. The molecule has 5 nitrogen and oxygen atoms in total. The third-order valence-corrected chi connectivity index (χ3v) is 3.89. The summed E-state index contributed by atoms with van der Waals surface area (Å²) in [5.41, 5.74) is 6.53. The van der Waals surface area contributed by atoms with Crippen LogP contribution in [0.3, 0.4) is 0 Å². The molecule has 0 saturated carbocycles. The van der Waals surface area contributed by atoms with Crippen molar-refractivity contribution in [3.05, 3.63) is 24.3 Å². The molecule has 1 aromatic carbocycles. The van der Waals surface area contributed by atoms with Gasteiger partial charge in [-0.2, -0.15) is 0 Å². The first kappa shape index (κ1) is 16.6. The number of nitrogens with zero attached hydrogens (tertiary/aromatic N) is 1. The number of amides is 1. The Kier molecular flexibility index (Phi) is 7.03. The molecular formula is C17H27N3O2. The molecule has 0 atom stereocenters. The number of carbonyl (C=O) groups excluding carboxylic acids is 1. The molecule has 122 valence electrons. The van der Waals surface area contributed by atoms with Crippen LogP contribution < -0.4 is 15.8 Å². The Morgan fingerprint density at radius 1 is 1.14 bits per heavy atom. The van der Waals surface area contributed by atoms with Crippen LogP contribution in [0.5, 0.6) is 5.75 Å². The Morgan fingerprint density at radius 2 is 1.86 bits per heavy atom. The van der Waals surface area contributed by atoms with Crippen LogP contribution >= 0.6 is 0 Å². The molecule has 0 bridgehead atoms. The maximum atomic E-state index is 12.0. The highest BCUT2D eigenvalue weighted by atomic mass is 16.5. The normalized spacial score (nSPS) is 14.7. The van der Waals surface area contributed by atoms with E-state index in [0.717, 1.165) is 63.3 Å². The lowest BCUT2D eigenvalue weighted by Crippen LogP contribution is -2.38. The fourth-order valence-corrected chi connectivity index (χ4v) is 2.55. The molecule has 0 unspecified atom stereocenters. The minimum absolute atomic E-state index is 0.0867. The Balaban J connectivity index is 1.70. The van der Waals surface area contributed by atoms with E-state index in [4.69, 9.17) is 10.5 Å². The quantitative estimate of drug-likeness (QED) is 0.723. The summed E-state index contributed by atoms with van der Waals surface area (Å²) < 4.78 is 5.58. The van der Waals surface area contributed by atoms with Crippen LogP contribution in [0.15, 0.2) is 24.3 Å². The summed E-state index contributed by atoms with van der Waals surface area (Å²) in [6.45, 7) is 3.52. The number of benzene rings is 1. The number of unbranched alkanes of at least 4 members (excludes halogenated alkanes) is 1. The van der Waals surface area contributed by atoms with Crippen LogP contribution in [0.25, 0.3) is 0 Å². The zero-order valence-corrected chi connectivity index (χ0v) is 13.2. The minimum atomic E-state index is 0.0867. The molecule has 1 aliphatic rings. The molecule has 0 aromatic heterocycles. The van der Waals surface area contributed by atoms with Gasteiger partial charge in [0.25, 0.3) is 5.91 Å². The van der Waals surface area contributed by atoms with Crippen molar-refractivity contribution in [2.45, 2.75) is 32.1 Å². The molecule has 1 amide bonds. The molecule has 0 radical (unpaired) electrons. The monoisotopic (exact) mass is 305 g/mol. The minimum Gasteiger partial charge on any atom is -0.484 e. The number of piperidine rings is 1. The van der Waals surface area contributed by atoms with Crippen LogP contribution in [0.2, 0.25) is 0 Å². The number of rotatable bonds is 8. The number of likely N-dealkylation sites (tertiary alicyclic amines) is 1. The van der Waals surface area contributed by atoms with Gasteiger partial charge in [-0.1, -0.05) is 0 Å². The van der Waals surface area contributed by atoms with Crippen molar-refractivity contribution in [3.63, 3.8) is 0 Å². The first-order chi connectivity index (χ1) is 10.8. The van der Waals surface area contributed by atoms with Crippen molar-refractivity contribution in [1.29, 1.82) is 0 Å². The van der Waals surface area contributed by atoms with Crippen molar-refractivity contribution in [1.82, 2.24) is 4.90 Å². The van der Waals surface area contributed by atoms with Gasteiger partial charge >= 0.3 is 0 Å². The van der Waals surface area contributed by atoms with Crippen molar-refractivity contribution in [2.75, 3.05) is 38.1 Å². The lowest BCUT2D eigenvalue weighted by molar-refractivity contribution is -0.134. The molecule has 1 aromatic rings. The molecule has 22 heavy (non-hydrogen) atoms. The van der Waals surface area contributed by atoms with Gasteiger partial charge in [-0.25, -0.2) is 0 Å². The standard InChI is InChI=1S/C17H27N3O2/c18-10-2-3-11-19-15-6-8-16(9-7-15)22-14-17(21)20-12-4-1-5-13-20/h6-9,19H,1-5,10-14,18H2. The Morgan fingerprint density at radius 3 is 2.55 bits per heavy atom. The highest BCUT2D eigenvalue weighted by Gasteiger charge is 2.16. The first-order valence-electron chi connectivity index (χ1n) is 8.24. The van der Waals surface area contributed by atoms with Gasteiger partial charge in [-0.05, 0) is 62.9 Å². The topological polar surface area (TPSA) is 67.6 Å². The Labute approximate surface area is 132 Å². The van der Waals surface area contributed by atoms with E-state index in [2.05, 4.69) is 5.32 Å². The van der Waals surface area contributed by atoms with Gasteiger partial charge in [0.1, 0.15) is 5.75 Å². The molecule has 1 aliphatic heterocycles. The van der Waals surface area contributed by atoms with E-state index in [0.29, 0.717) is 0 Å². The molecule has 3 N–H and O–H groups in total. The van der Waals surface area contributed by atoms with Gasteiger partial charge in [0.15, 0.2) is 6.61 Å². The largest absolute Gasteiger partial charge is 0.484 e. The van der Waals surface area contributed by atoms with Crippen LogP contribution in [0, 0.1) is 0 Å². The van der Waals surface area contributed by atoms with Gasteiger partial charge in [0, 0.05) is 25.3 Å². The summed E-state index contributed by atoms with van der Waals surface area (Å²) in [5.74, 6) is 0.821. The second kappa shape index (κ2) is 9.30. The molecule has 1 heterocycles. The number of hydrogen-bond acceptors (Lipinski definition) is 4. The number of hydrogen-bond donors (Lipinski definition) is 2. The number of carbonyl (C=O) groups is 1. The maximum absolute atomic E-state index is 12.0. The van der Waals surface area contributed by atoms with E-state index in [-0.39, 0.29) is 12.5 Å². The molecular weight excluding hydrogens is 278 g/mol. The third-order valence-electron chi connectivity index (χ3n) is 3.89. The van der Waals surface area contributed by atoms with Crippen LogP contribution in [0.4, 0.5) is 5.69 Å². The predicted molar refractivity (Wildman–Crippen MR) is 89.1 cm³/mol. The average molecular weight is 305 g/mol. The average Bonchev–Trinajstić information content (AvgIpc) is 2.58. The SMILES string of the molecule is NCCCCNc1ccc(OCC(=O)N2CCCCC2)cc1. The highest BCUT2D eigenvalue weighted by molar-refractivity contribution is 5.77. The number of nitrogens with two attached hydrogens (primary N) is 1. The smallest absolute Gasteiger partial charge is 0.260 e. The van der Waals surface area contributed by atoms with Crippen molar-refractivity contribution in [3.8, 4) is 5.75 Å². The van der Waals surface area contributed by atoms with Gasteiger partial charge in [0.05, 0.1) is 0 Å². The summed E-state index contributed by atoms with van der Waals surface area (Å²) >= 11 is 0. The number of ether oxygens (including phenoxy) is 1. The lowest BCUT2D eigenvalue weighted by Gasteiger charge is -2.26. The number of nitrogens with one attached hydrogen (secondary N) is 1. The molecule has 0 spiro atoms. The number of anilines is 1. The summed E-state index contributed by atoms with van der Waals surface area (Å²) in [6.07, 6.45) is 5.54. The van der Waals surface area contributed by atoms with E-state index in [9.17, 15) is 4.79 Å². The second-order valence-electron chi connectivity index (χ2n) is 5.68. The van der Waals surface area contributed by atoms with E-state index in [1.54, 1.807) is 0 Å². The molecule has 5 heteroatoms. The van der Waals surface area contributed by atoms with Crippen molar-refractivity contribution < 1.29 is 9.53 Å². The van der Waals surface area contributed by atoms with Crippen LogP contribution in [-0.4, -0.2) is 43.6 Å². The van der Waals surface area contributed by atoms with E-state index >= 15 is 0 Å². The molecule has 0 aliphatic carbocycles. The molecule has 1 fully saturated rings. The maximum Gasteiger partial charge on any atom is 0.260 e. The first-order valence-corrected chi connectivity index (χ1v) is 8.24. The Bertz CT molecular complexity index is 442. The zero-order valence-electron chi connectivity index (χ0n) is 13.2. The second-order valence-corrected chi connectivity index (χ2v) is 5.68. The van der Waals surface area contributed by atoms with Crippen LogP contribution in [0.1, 0.15) is 32.1 Å². The Hall–Kier alpha value is -1.75. The summed E-state index contributed by atoms with van der Waals surface area (Å²) in [5, 5.41) is 3.34. The lowest BCUT2D eigenvalue weighted by atomic mass is 10.1. The van der Waals surface area contributed by atoms with Gasteiger partial charge in [-0.3, -0.25) is 4.79 Å². The van der Waals surface area contributed by atoms with Gasteiger partial charge in [-0.15, -0.1) is 0 Å². The third kappa shape index (κ3) is 5.56. The highest BCUT2D eigenvalue weighted by Crippen LogP contribution is 2.16. The van der Waals surface area contributed by atoms with Gasteiger partial charge in [0.2, 0.25) is 0 Å².